The maximum atomic E-state index is 9.43. The highest BCUT2D eigenvalue weighted by Crippen LogP contribution is 2.22. The summed E-state index contributed by atoms with van der Waals surface area (Å²) in [6.07, 6.45) is 3.11. The highest BCUT2D eigenvalue weighted by molar-refractivity contribution is 5.63. The van der Waals surface area contributed by atoms with Gasteiger partial charge in [-0.15, -0.1) is 0 Å². The van der Waals surface area contributed by atoms with Gasteiger partial charge in [0, 0.05) is 17.8 Å². The van der Waals surface area contributed by atoms with Gasteiger partial charge in [0.05, 0.1) is 6.20 Å². The molecule has 4 heteroatoms. The van der Waals surface area contributed by atoms with Crippen LogP contribution in [0.15, 0.2) is 65.5 Å². The van der Waals surface area contributed by atoms with Crippen molar-refractivity contribution in [3.63, 3.8) is 0 Å². The molecule has 0 saturated carbocycles. The Balaban J connectivity index is 1.73. The van der Waals surface area contributed by atoms with Gasteiger partial charge < -0.3 is 14.8 Å². The molecule has 100 valence electrons. The molecule has 0 unspecified atom stereocenters. The zero-order valence-electron chi connectivity index (χ0n) is 10.8. The SMILES string of the molecule is Oc1cccc(CNc2cccc(-c3cnco3)c2)c1. The molecule has 4 nitrogen and oxygen atoms in total. The first-order valence-corrected chi connectivity index (χ1v) is 6.32. The number of nitrogens with one attached hydrogen (secondary N) is 1. The normalized spacial score (nSPS) is 10.4. The predicted octanol–water partition coefficient (Wildman–Crippen LogP) is 3.66. The van der Waals surface area contributed by atoms with E-state index in [9.17, 15) is 5.11 Å². The lowest BCUT2D eigenvalue weighted by atomic mass is 10.1. The molecule has 2 aromatic carbocycles. The number of benzene rings is 2. The number of oxazole rings is 1. The Labute approximate surface area is 116 Å². The van der Waals surface area contributed by atoms with Gasteiger partial charge >= 0.3 is 0 Å². The number of hydrogen-bond donors (Lipinski definition) is 2. The number of rotatable bonds is 4. The van der Waals surface area contributed by atoms with Gasteiger partial charge in [0.1, 0.15) is 5.75 Å². The first-order valence-electron chi connectivity index (χ1n) is 6.32. The molecule has 0 spiro atoms. The van der Waals surface area contributed by atoms with Gasteiger partial charge in [-0.25, -0.2) is 4.98 Å². The largest absolute Gasteiger partial charge is 0.508 e. The summed E-state index contributed by atoms with van der Waals surface area (Å²) in [7, 11) is 0. The highest BCUT2D eigenvalue weighted by atomic mass is 16.3. The molecule has 0 saturated heterocycles. The van der Waals surface area contributed by atoms with E-state index in [4.69, 9.17) is 4.42 Å². The molecule has 0 radical (unpaired) electrons. The molecule has 3 rings (SSSR count). The second kappa shape index (κ2) is 5.48. The smallest absolute Gasteiger partial charge is 0.181 e. The predicted molar refractivity (Wildman–Crippen MR) is 77.4 cm³/mol. The summed E-state index contributed by atoms with van der Waals surface area (Å²) in [6.45, 7) is 0.647. The highest BCUT2D eigenvalue weighted by Gasteiger charge is 2.02. The summed E-state index contributed by atoms with van der Waals surface area (Å²) in [4.78, 5) is 3.92. The zero-order chi connectivity index (χ0) is 13.8. The molecule has 0 aliphatic heterocycles. The molecule has 20 heavy (non-hydrogen) atoms. The number of nitrogens with zero attached hydrogens (tertiary/aromatic N) is 1. The van der Waals surface area contributed by atoms with Gasteiger partial charge in [-0.3, -0.25) is 0 Å². The maximum absolute atomic E-state index is 9.43. The van der Waals surface area contributed by atoms with Crippen LogP contribution in [0.5, 0.6) is 5.75 Å². The van der Waals surface area contributed by atoms with E-state index in [1.807, 2.05) is 36.4 Å². The molecular weight excluding hydrogens is 252 g/mol. The van der Waals surface area contributed by atoms with Crippen LogP contribution in [-0.2, 0) is 6.54 Å². The van der Waals surface area contributed by atoms with Crippen molar-refractivity contribution in [1.29, 1.82) is 0 Å². The third kappa shape index (κ3) is 2.80. The molecule has 0 fully saturated rings. The van der Waals surface area contributed by atoms with Crippen LogP contribution < -0.4 is 5.32 Å². The Hall–Kier alpha value is -2.75. The monoisotopic (exact) mass is 266 g/mol. The van der Waals surface area contributed by atoms with E-state index >= 15 is 0 Å². The second-order valence-electron chi connectivity index (χ2n) is 4.47. The Morgan fingerprint density at radius 2 is 2.00 bits per heavy atom. The minimum absolute atomic E-state index is 0.278. The lowest BCUT2D eigenvalue weighted by Gasteiger charge is -2.08. The fraction of sp³-hybridized carbons (Fsp3) is 0.0625. The molecule has 1 heterocycles. The zero-order valence-corrected chi connectivity index (χ0v) is 10.8. The van der Waals surface area contributed by atoms with Crippen LogP contribution in [0.1, 0.15) is 5.56 Å². The Bertz CT molecular complexity index is 693. The van der Waals surface area contributed by atoms with Crippen molar-refractivity contribution >= 4 is 5.69 Å². The van der Waals surface area contributed by atoms with Crippen LogP contribution in [0.2, 0.25) is 0 Å². The van der Waals surface area contributed by atoms with Crippen molar-refractivity contribution in [1.82, 2.24) is 4.98 Å². The van der Waals surface area contributed by atoms with Crippen molar-refractivity contribution in [2.75, 3.05) is 5.32 Å². The van der Waals surface area contributed by atoms with Gasteiger partial charge in [0.2, 0.25) is 0 Å². The van der Waals surface area contributed by atoms with E-state index in [-0.39, 0.29) is 5.75 Å². The van der Waals surface area contributed by atoms with E-state index in [0.29, 0.717) is 6.54 Å². The van der Waals surface area contributed by atoms with Crippen molar-refractivity contribution in [2.45, 2.75) is 6.54 Å². The Morgan fingerprint density at radius 3 is 2.80 bits per heavy atom. The van der Waals surface area contributed by atoms with Crippen molar-refractivity contribution in [3.05, 3.63) is 66.7 Å². The van der Waals surface area contributed by atoms with Crippen LogP contribution in [0.4, 0.5) is 5.69 Å². The van der Waals surface area contributed by atoms with Crippen LogP contribution in [0, 0.1) is 0 Å². The van der Waals surface area contributed by atoms with Crippen molar-refractivity contribution in [2.24, 2.45) is 0 Å². The summed E-state index contributed by atoms with van der Waals surface area (Å²) in [6, 6.07) is 15.1. The van der Waals surface area contributed by atoms with Crippen LogP contribution in [0.3, 0.4) is 0 Å². The van der Waals surface area contributed by atoms with Gasteiger partial charge in [-0.1, -0.05) is 24.3 Å². The van der Waals surface area contributed by atoms with Gasteiger partial charge in [-0.2, -0.15) is 0 Å². The molecule has 0 amide bonds. The lowest BCUT2D eigenvalue weighted by Crippen LogP contribution is -1.99. The fourth-order valence-electron chi connectivity index (χ4n) is 2.01. The Morgan fingerprint density at radius 1 is 1.10 bits per heavy atom. The molecule has 2 N–H and O–H groups in total. The Kier molecular flexibility index (Phi) is 3.37. The van der Waals surface area contributed by atoms with Crippen LogP contribution in [-0.4, -0.2) is 10.1 Å². The molecule has 0 aliphatic rings. The topological polar surface area (TPSA) is 58.3 Å². The lowest BCUT2D eigenvalue weighted by molar-refractivity contribution is 0.474. The quantitative estimate of drug-likeness (QED) is 0.756. The fourth-order valence-corrected chi connectivity index (χ4v) is 2.01. The average molecular weight is 266 g/mol. The van der Waals surface area contributed by atoms with Crippen molar-refractivity contribution in [3.8, 4) is 17.1 Å². The molecule has 0 aliphatic carbocycles. The number of phenolic OH excluding ortho intramolecular Hbond substituents is 1. The number of hydrogen-bond acceptors (Lipinski definition) is 4. The van der Waals surface area contributed by atoms with E-state index in [0.717, 1.165) is 22.6 Å². The summed E-state index contributed by atoms with van der Waals surface area (Å²) < 4.78 is 5.28. The molecule has 3 aromatic rings. The van der Waals surface area contributed by atoms with E-state index in [1.54, 1.807) is 18.3 Å². The number of anilines is 1. The van der Waals surface area contributed by atoms with E-state index in [1.165, 1.54) is 6.39 Å². The van der Waals surface area contributed by atoms with Crippen LogP contribution in [0.25, 0.3) is 11.3 Å². The number of aromatic nitrogens is 1. The first kappa shape index (κ1) is 12.3. The van der Waals surface area contributed by atoms with E-state index < -0.39 is 0 Å². The molecule has 1 aromatic heterocycles. The van der Waals surface area contributed by atoms with Gasteiger partial charge in [-0.05, 0) is 29.8 Å². The maximum Gasteiger partial charge on any atom is 0.181 e. The number of phenols is 1. The van der Waals surface area contributed by atoms with Crippen LogP contribution >= 0.6 is 0 Å². The summed E-state index contributed by atoms with van der Waals surface area (Å²) >= 11 is 0. The van der Waals surface area contributed by atoms with E-state index in [2.05, 4.69) is 10.3 Å². The average Bonchev–Trinajstić information content (AvgIpc) is 3.00. The minimum Gasteiger partial charge on any atom is -0.508 e. The third-order valence-corrected chi connectivity index (χ3v) is 2.99. The summed E-state index contributed by atoms with van der Waals surface area (Å²) in [5.74, 6) is 1.02. The second-order valence-corrected chi connectivity index (χ2v) is 4.47. The third-order valence-electron chi connectivity index (χ3n) is 2.99. The minimum atomic E-state index is 0.278. The summed E-state index contributed by atoms with van der Waals surface area (Å²) in [5.41, 5.74) is 2.99. The molecule has 0 bridgehead atoms. The van der Waals surface area contributed by atoms with Gasteiger partial charge in [0.25, 0.3) is 0 Å². The summed E-state index contributed by atoms with van der Waals surface area (Å²) in [5, 5.41) is 12.7. The van der Waals surface area contributed by atoms with Gasteiger partial charge in [0.15, 0.2) is 12.2 Å². The van der Waals surface area contributed by atoms with Crippen molar-refractivity contribution < 1.29 is 9.52 Å². The molecular formula is C16H14N2O2. The standard InChI is InChI=1S/C16H14N2O2/c19-15-6-1-3-12(7-15)9-18-14-5-2-4-13(8-14)16-10-17-11-20-16/h1-8,10-11,18-19H,9H2. The first-order chi connectivity index (χ1) is 9.81. The molecule has 0 atom stereocenters. The number of aromatic hydroxyl groups is 1.